The van der Waals surface area contributed by atoms with Crippen LogP contribution < -0.4 is 5.73 Å². The van der Waals surface area contributed by atoms with Crippen LogP contribution in [0.4, 0.5) is 0 Å². The van der Waals surface area contributed by atoms with Crippen LogP contribution in [0.15, 0.2) is 34.9 Å². The normalized spacial score (nSPS) is 23.9. The Morgan fingerprint density at radius 1 is 1.33 bits per heavy atom. The monoisotopic (exact) mass is 289 g/mol. The van der Waals surface area contributed by atoms with E-state index in [1.165, 1.54) is 0 Å². The Bertz CT molecular complexity index is 573. The molecular weight excluding hydrogens is 270 g/mol. The fraction of sp³-hybridized carbons (Fsp3) is 0.467. The first-order valence-corrected chi connectivity index (χ1v) is 7.04. The average Bonchev–Trinajstić information content (AvgIpc) is 2.99. The topological polar surface area (TPSA) is 83.4 Å². The highest BCUT2D eigenvalue weighted by Gasteiger charge is 2.30. The molecule has 2 N–H and O–H groups in total. The molecule has 1 saturated heterocycles. The van der Waals surface area contributed by atoms with Crippen LogP contribution in [0, 0.1) is 0 Å². The maximum Gasteiger partial charge on any atom is 0.233 e. The van der Waals surface area contributed by atoms with Crippen molar-refractivity contribution in [3.05, 3.63) is 47.6 Å². The maximum atomic E-state index is 6.10. The molecule has 0 spiro atoms. The minimum Gasteiger partial charge on any atom is -0.381 e. The largest absolute Gasteiger partial charge is 0.381 e. The van der Waals surface area contributed by atoms with Crippen molar-refractivity contribution in [1.29, 1.82) is 0 Å². The molecule has 0 saturated carbocycles. The summed E-state index contributed by atoms with van der Waals surface area (Å²) in [7, 11) is 1.63. The molecular formula is C15H19N3O3. The van der Waals surface area contributed by atoms with Crippen molar-refractivity contribution >= 4 is 0 Å². The quantitative estimate of drug-likeness (QED) is 0.921. The van der Waals surface area contributed by atoms with E-state index >= 15 is 0 Å². The van der Waals surface area contributed by atoms with Crippen LogP contribution in [0.25, 0.3) is 0 Å². The molecule has 0 aliphatic carbocycles. The Balaban J connectivity index is 1.83. The summed E-state index contributed by atoms with van der Waals surface area (Å²) in [6.45, 7) is 1.20. The van der Waals surface area contributed by atoms with Gasteiger partial charge in [0.15, 0.2) is 0 Å². The smallest absolute Gasteiger partial charge is 0.233 e. The zero-order valence-corrected chi connectivity index (χ0v) is 11.9. The zero-order chi connectivity index (χ0) is 14.7. The van der Waals surface area contributed by atoms with Crippen LogP contribution in [0.5, 0.6) is 0 Å². The molecule has 6 nitrogen and oxygen atoms in total. The summed E-state index contributed by atoms with van der Waals surface area (Å²) in [6, 6.07) is 9.79. The molecule has 1 aromatic heterocycles. The van der Waals surface area contributed by atoms with Crippen LogP contribution >= 0.6 is 0 Å². The summed E-state index contributed by atoms with van der Waals surface area (Å²) >= 11 is 0. The highest BCUT2D eigenvalue weighted by molar-refractivity contribution is 5.22. The van der Waals surface area contributed by atoms with Crippen molar-refractivity contribution in [3.63, 3.8) is 0 Å². The number of hydrogen-bond acceptors (Lipinski definition) is 6. The molecule has 1 aromatic carbocycles. The number of rotatable bonds is 4. The van der Waals surface area contributed by atoms with Gasteiger partial charge in [-0.15, -0.1) is 0 Å². The molecule has 0 radical (unpaired) electrons. The minimum absolute atomic E-state index is 0.00947. The Hall–Kier alpha value is -1.76. The number of hydrogen-bond donors (Lipinski definition) is 1. The van der Waals surface area contributed by atoms with E-state index in [9.17, 15) is 0 Å². The molecule has 2 heterocycles. The molecule has 1 aliphatic heterocycles. The molecule has 2 aromatic rings. The fourth-order valence-electron chi connectivity index (χ4n) is 2.53. The lowest BCUT2D eigenvalue weighted by Crippen LogP contribution is -2.37. The lowest BCUT2D eigenvalue weighted by atomic mass is 9.97. The number of methoxy groups -OCH3 is 1. The first kappa shape index (κ1) is 14.2. The van der Waals surface area contributed by atoms with Gasteiger partial charge in [-0.3, -0.25) is 0 Å². The lowest BCUT2D eigenvalue weighted by Gasteiger charge is -2.25. The lowest BCUT2D eigenvalue weighted by molar-refractivity contribution is 0.0590. The van der Waals surface area contributed by atoms with Gasteiger partial charge in [0, 0.05) is 19.8 Å². The third-order valence-electron chi connectivity index (χ3n) is 3.76. The fourth-order valence-corrected chi connectivity index (χ4v) is 2.53. The van der Waals surface area contributed by atoms with Crippen molar-refractivity contribution in [2.24, 2.45) is 5.73 Å². The van der Waals surface area contributed by atoms with Gasteiger partial charge in [0.1, 0.15) is 6.10 Å². The summed E-state index contributed by atoms with van der Waals surface area (Å²) in [4.78, 5) is 4.47. The van der Waals surface area contributed by atoms with Crippen LogP contribution in [0.2, 0.25) is 0 Å². The number of aromatic nitrogens is 2. The number of nitrogens with zero attached hydrogens (tertiary/aromatic N) is 2. The van der Waals surface area contributed by atoms with E-state index in [1.54, 1.807) is 7.11 Å². The molecule has 1 aliphatic rings. The SMILES string of the molecule is COC(c1ccccc1)c1noc(C2COCCC2N)n1. The molecule has 1 fully saturated rings. The maximum absolute atomic E-state index is 6.10. The molecule has 0 bridgehead atoms. The predicted octanol–water partition coefficient (Wildman–Crippen LogP) is 1.64. The van der Waals surface area contributed by atoms with Crippen molar-refractivity contribution in [3.8, 4) is 0 Å². The van der Waals surface area contributed by atoms with Gasteiger partial charge in [0.2, 0.25) is 11.7 Å². The van der Waals surface area contributed by atoms with E-state index in [-0.39, 0.29) is 18.1 Å². The van der Waals surface area contributed by atoms with Crippen molar-refractivity contribution in [2.75, 3.05) is 20.3 Å². The van der Waals surface area contributed by atoms with Gasteiger partial charge in [-0.05, 0) is 12.0 Å². The van der Waals surface area contributed by atoms with Gasteiger partial charge in [-0.25, -0.2) is 0 Å². The highest BCUT2D eigenvalue weighted by atomic mass is 16.5. The van der Waals surface area contributed by atoms with Gasteiger partial charge in [0.25, 0.3) is 0 Å². The summed E-state index contributed by atoms with van der Waals surface area (Å²) in [5.41, 5.74) is 7.08. The predicted molar refractivity (Wildman–Crippen MR) is 75.7 cm³/mol. The molecule has 3 unspecified atom stereocenters. The molecule has 0 amide bonds. The molecule has 3 atom stereocenters. The van der Waals surface area contributed by atoms with Crippen LogP contribution in [0.1, 0.15) is 35.7 Å². The number of ether oxygens (including phenoxy) is 2. The van der Waals surface area contributed by atoms with Gasteiger partial charge in [-0.2, -0.15) is 4.98 Å². The van der Waals surface area contributed by atoms with Gasteiger partial charge in [0.05, 0.1) is 12.5 Å². The number of benzene rings is 1. The molecule has 21 heavy (non-hydrogen) atoms. The first-order chi connectivity index (χ1) is 10.3. The first-order valence-electron chi connectivity index (χ1n) is 7.04. The Labute approximate surface area is 123 Å². The second-order valence-electron chi connectivity index (χ2n) is 5.15. The molecule has 112 valence electrons. The van der Waals surface area contributed by atoms with Crippen molar-refractivity contribution in [2.45, 2.75) is 24.5 Å². The molecule has 6 heteroatoms. The van der Waals surface area contributed by atoms with Gasteiger partial charge in [-0.1, -0.05) is 35.5 Å². The second-order valence-corrected chi connectivity index (χ2v) is 5.15. The average molecular weight is 289 g/mol. The summed E-state index contributed by atoms with van der Waals surface area (Å²) < 4.78 is 16.3. The minimum atomic E-state index is -0.343. The molecule has 3 rings (SSSR count). The van der Waals surface area contributed by atoms with Crippen LogP contribution in [0.3, 0.4) is 0 Å². The van der Waals surface area contributed by atoms with Gasteiger partial charge < -0.3 is 19.7 Å². The zero-order valence-electron chi connectivity index (χ0n) is 11.9. The van der Waals surface area contributed by atoms with E-state index in [2.05, 4.69) is 10.1 Å². The second kappa shape index (κ2) is 6.34. The summed E-state index contributed by atoms with van der Waals surface area (Å²) in [5.74, 6) is 0.986. The van der Waals surface area contributed by atoms with E-state index in [4.69, 9.17) is 19.7 Å². The third-order valence-corrected chi connectivity index (χ3v) is 3.76. The number of nitrogens with two attached hydrogens (primary N) is 1. The highest BCUT2D eigenvalue weighted by Crippen LogP contribution is 2.27. The summed E-state index contributed by atoms with van der Waals surface area (Å²) in [5, 5.41) is 4.05. The van der Waals surface area contributed by atoms with E-state index in [1.807, 2.05) is 30.3 Å². The van der Waals surface area contributed by atoms with Crippen LogP contribution in [-0.2, 0) is 9.47 Å². The Morgan fingerprint density at radius 3 is 2.86 bits per heavy atom. The van der Waals surface area contributed by atoms with E-state index in [0.29, 0.717) is 24.9 Å². The van der Waals surface area contributed by atoms with Crippen molar-refractivity contribution < 1.29 is 14.0 Å². The standard InChI is InChI=1S/C15H19N3O3/c1-19-13(10-5-3-2-4-6-10)14-17-15(21-18-14)11-9-20-8-7-12(11)16/h2-6,11-13H,7-9,16H2,1H3. The summed E-state index contributed by atoms with van der Waals surface area (Å²) in [6.07, 6.45) is 0.457. The Kier molecular flexibility index (Phi) is 4.28. The van der Waals surface area contributed by atoms with Crippen molar-refractivity contribution in [1.82, 2.24) is 10.1 Å². The Morgan fingerprint density at radius 2 is 2.14 bits per heavy atom. The van der Waals surface area contributed by atoms with Gasteiger partial charge >= 0.3 is 0 Å². The van der Waals surface area contributed by atoms with Crippen LogP contribution in [-0.4, -0.2) is 36.5 Å². The van der Waals surface area contributed by atoms with E-state index in [0.717, 1.165) is 12.0 Å². The van der Waals surface area contributed by atoms with E-state index < -0.39 is 0 Å². The third kappa shape index (κ3) is 2.97.